The lowest BCUT2D eigenvalue weighted by atomic mass is 9.86. The predicted molar refractivity (Wildman–Crippen MR) is 82.1 cm³/mol. The number of halogens is 1. The number of hydrogen-bond donors (Lipinski definition) is 0. The third kappa shape index (κ3) is 2.29. The van der Waals surface area contributed by atoms with E-state index in [4.69, 9.17) is 11.6 Å². The maximum atomic E-state index is 6.24. The van der Waals surface area contributed by atoms with Gasteiger partial charge in [-0.25, -0.2) is 9.50 Å². The van der Waals surface area contributed by atoms with Gasteiger partial charge in [0.15, 0.2) is 5.65 Å². The molecule has 0 fully saturated rings. The molecule has 0 N–H and O–H groups in total. The van der Waals surface area contributed by atoms with Crippen LogP contribution in [0.5, 0.6) is 0 Å². The third-order valence-corrected chi connectivity index (χ3v) is 3.61. The first-order chi connectivity index (χ1) is 9.45. The molecule has 0 atom stereocenters. The number of nitrogens with zero attached hydrogens (tertiary/aromatic N) is 3. The topological polar surface area (TPSA) is 30.2 Å². The molecular formula is C16H16ClN3. The van der Waals surface area contributed by atoms with Crippen LogP contribution in [0, 0.1) is 0 Å². The fraction of sp³-hybridized carbons (Fsp3) is 0.250. The fourth-order valence-electron chi connectivity index (χ4n) is 2.17. The summed E-state index contributed by atoms with van der Waals surface area (Å²) in [7, 11) is 0. The molecule has 0 aliphatic rings. The molecule has 0 bridgehead atoms. The Bertz CT molecular complexity index is 769. The van der Waals surface area contributed by atoms with E-state index in [0.29, 0.717) is 5.15 Å². The van der Waals surface area contributed by atoms with Crippen molar-refractivity contribution in [2.45, 2.75) is 26.2 Å². The van der Waals surface area contributed by atoms with Crippen molar-refractivity contribution in [1.82, 2.24) is 14.6 Å². The molecule has 2 heterocycles. The molecule has 0 saturated heterocycles. The first-order valence-corrected chi connectivity index (χ1v) is 6.94. The van der Waals surface area contributed by atoms with Gasteiger partial charge in [-0.05, 0) is 17.0 Å². The molecular weight excluding hydrogens is 270 g/mol. The largest absolute Gasteiger partial charge is 0.228 e. The molecule has 2 aromatic heterocycles. The summed E-state index contributed by atoms with van der Waals surface area (Å²) in [6.07, 6.45) is 1.70. The Labute approximate surface area is 123 Å². The van der Waals surface area contributed by atoms with E-state index in [2.05, 4.69) is 55.1 Å². The highest BCUT2D eigenvalue weighted by atomic mass is 35.5. The van der Waals surface area contributed by atoms with Gasteiger partial charge in [-0.15, -0.1) is 0 Å². The lowest BCUT2D eigenvalue weighted by molar-refractivity contribution is 0.590. The summed E-state index contributed by atoms with van der Waals surface area (Å²) in [4.78, 5) is 4.61. The van der Waals surface area contributed by atoms with Crippen molar-refractivity contribution in [2.75, 3.05) is 0 Å². The molecule has 3 aromatic rings. The Morgan fingerprint density at radius 2 is 1.90 bits per heavy atom. The maximum absolute atomic E-state index is 6.24. The number of hydrogen-bond acceptors (Lipinski definition) is 2. The Morgan fingerprint density at radius 1 is 1.10 bits per heavy atom. The zero-order valence-corrected chi connectivity index (χ0v) is 12.5. The van der Waals surface area contributed by atoms with E-state index in [1.807, 2.05) is 12.1 Å². The maximum Gasteiger partial charge on any atom is 0.157 e. The zero-order valence-electron chi connectivity index (χ0n) is 11.8. The number of aromatic nitrogens is 3. The second-order valence-corrected chi connectivity index (χ2v) is 6.28. The Hall–Kier alpha value is -1.87. The molecule has 0 aliphatic heterocycles. The molecule has 1 aromatic carbocycles. The average molecular weight is 286 g/mol. The minimum Gasteiger partial charge on any atom is -0.228 e. The highest BCUT2D eigenvalue weighted by Gasteiger charge is 2.15. The van der Waals surface area contributed by atoms with Crippen LogP contribution < -0.4 is 0 Å². The molecule has 4 heteroatoms. The predicted octanol–water partition coefficient (Wildman–Crippen LogP) is 4.35. The highest BCUT2D eigenvalue weighted by Crippen LogP contribution is 2.28. The smallest absolute Gasteiger partial charge is 0.157 e. The van der Waals surface area contributed by atoms with Gasteiger partial charge in [-0.1, -0.05) is 50.6 Å². The van der Waals surface area contributed by atoms with Gasteiger partial charge in [-0.3, -0.25) is 0 Å². The van der Waals surface area contributed by atoms with E-state index in [-0.39, 0.29) is 5.41 Å². The molecule has 3 nitrogen and oxygen atoms in total. The van der Waals surface area contributed by atoms with E-state index >= 15 is 0 Å². The Kier molecular flexibility index (Phi) is 3.02. The summed E-state index contributed by atoms with van der Waals surface area (Å²) in [5.74, 6) is 0. The van der Waals surface area contributed by atoms with Crippen molar-refractivity contribution in [2.24, 2.45) is 0 Å². The van der Waals surface area contributed by atoms with Gasteiger partial charge in [0, 0.05) is 17.7 Å². The van der Waals surface area contributed by atoms with E-state index in [0.717, 1.165) is 16.9 Å². The molecule has 20 heavy (non-hydrogen) atoms. The average Bonchev–Trinajstić information content (AvgIpc) is 2.87. The first kappa shape index (κ1) is 13.1. The molecule has 0 unspecified atom stereocenters. The molecule has 0 amide bonds. The summed E-state index contributed by atoms with van der Waals surface area (Å²) in [5.41, 5.74) is 4.09. The summed E-state index contributed by atoms with van der Waals surface area (Å²) >= 11 is 6.24. The van der Waals surface area contributed by atoms with Crippen LogP contribution in [-0.2, 0) is 5.41 Å². The Morgan fingerprint density at radius 3 is 2.65 bits per heavy atom. The van der Waals surface area contributed by atoms with Crippen LogP contribution in [0.15, 0.2) is 42.6 Å². The van der Waals surface area contributed by atoms with Gasteiger partial charge in [0.05, 0.1) is 11.9 Å². The van der Waals surface area contributed by atoms with Crippen molar-refractivity contribution >= 4 is 17.2 Å². The van der Waals surface area contributed by atoms with Crippen LogP contribution in [0.1, 0.15) is 26.3 Å². The van der Waals surface area contributed by atoms with Crippen molar-refractivity contribution < 1.29 is 0 Å². The number of benzene rings is 1. The SMILES string of the molecule is CC(C)(C)c1cccc(-c2cc(Cl)n3nccc3n2)c1. The van der Waals surface area contributed by atoms with E-state index in [9.17, 15) is 0 Å². The van der Waals surface area contributed by atoms with Gasteiger partial charge in [0.25, 0.3) is 0 Å². The zero-order chi connectivity index (χ0) is 14.3. The molecule has 0 aliphatic carbocycles. The molecule has 3 rings (SSSR count). The summed E-state index contributed by atoms with van der Waals surface area (Å²) in [6, 6.07) is 12.1. The van der Waals surface area contributed by atoms with Crippen LogP contribution >= 0.6 is 11.6 Å². The fourth-order valence-corrected chi connectivity index (χ4v) is 2.40. The molecule has 0 radical (unpaired) electrons. The normalized spacial score (nSPS) is 12.0. The summed E-state index contributed by atoms with van der Waals surface area (Å²) in [5, 5.41) is 4.70. The van der Waals surface area contributed by atoms with Gasteiger partial charge < -0.3 is 0 Å². The third-order valence-electron chi connectivity index (χ3n) is 3.34. The number of fused-ring (bicyclic) bond motifs is 1. The van der Waals surface area contributed by atoms with E-state index in [1.54, 1.807) is 10.7 Å². The number of rotatable bonds is 1. The van der Waals surface area contributed by atoms with Gasteiger partial charge in [0.2, 0.25) is 0 Å². The van der Waals surface area contributed by atoms with Crippen LogP contribution in [0.4, 0.5) is 0 Å². The van der Waals surface area contributed by atoms with Gasteiger partial charge in [0.1, 0.15) is 5.15 Å². The van der Waals surface area contributed by atoms with Gasteiger partial charge >= 0.3 is 0 Å². The first-order valence-electron chi connectivity index (χ1n) is 6.56. The minimum absolute atomic E-state index is 0.112. The van der Waals surface area contributed by atoms with Crippen molar-refractivity contribution in [1.29, 1.82) is 0 Å². The molecule has 102 valence electrons. The molecule has 0 saturated carbocycles. The Balaban J connectivity index is 2.15. The second kappa shape index (κ2) is 4.60. The highest BCUT2D eigenvalue weighted by molar-refractivity contribution is 6.30. The monoisotopic (exact) mass is 285 g/mol. The van der Waals surface area contributed by atoms with Gasteiger partial charge in [-0.2, -0.15) is 5.10 Å². The van der Waals surface area contributed by atoms with Crippen LogP contribution in [0.2, 0.25) is 5.15 Å². The van der Waals surface area contributed by atoms with Crippen molar-refractivity contribution in [3.63, 3.8) is 0 Å². The molecule has 0 spiro atoms. The van der Waals surface area contributed by atoms with E-state index < -0.39 is 0 Å². The minimum atomic E-state index is 0.112. The van der Waals surface area contributed by atoms with Crippen LogP contribution in [0.25, 0.3) is 16.9 Å². The van der Waals surface area contributed by atoms with E-state index in [1.165, 1.54) is 5.56 Å². The lowest BCUT2D eigenvalue weighted by Crippen LogP contribution is -2.10. The van der Waals surface area contributed by atoms with Crippen LogP contribution in [0.3, 0.4) is 0 Å². The van der Waals surface area contributed by atoms with Crippen molar-refractivity contribution in [3.05, 3.63) is 53.3 Å². The standard InChI is InChI=1S/C16H16ClN3/c1-16(2,3)12-6-4-5-11(9-12)13-10-14(17)20-15(19-13)7-8-18-20/h4-10H,1-3H3. The van der Waals surface area contributed by atoms with Crippen LogP contribution in [-0.4, -0.2) is 14.6 Å². The van der Waals surface area contributed by atoms with Crippen molar-refractivity contribution in [3.8, 4) is 11.3 Å². The second-order valence-electron chi connectivity index (χ2n) is 5.90. The quantitative estimate of drug-likeness (QED) is 0.622. The summed E-state index contributed by atoms with van der Waals surface area (Å²) < 4.78 is 1.62. The summed E-state index contributed by atoms with van der Waals surface area (Å²) in [6.45, 7) is 6.60. The lowest BCUT2D eigenvalue weighted by Gasteiger charge is -2.19.